The lowest BCUT2D eigenvalue weighted by molar-refractivity contribution is -0.122. The average Bonchev–Trinajstić information content (AvgIpc) is 3.32. The van der Waals surface area contributed by atoms with E-state index < -0.39 is 0 Å². The molecule has 0 radical (unpaired) electrons. The first-order chi connectivity index (χ1) is 12.2. The summed E-state index contributed by atoms with van der Waals surface area (Å²) in [4.78, 5) is 25.9. The highest BCUT2D eigenvalue weighted by Crippen LogP contribution is 2.20. The number of aryl methyl sites for hydroxylation is 1. The second kappa shape index (κ2) is 6.21. The van der Waals surface area contributed by atoms with Crippen molar-refractivity contribution in [2.75, 3.05) is 0 Å². The molecule has 0 atom stereocenters. The number of nitrogens with zero attached hydrogens (tertiary/aromatic N) is 3. The highest BCUT2D eigenvalue weighted by Gasteiger charge is 2.16. The fraction of sp³-hybridized carbons (Fsp3) is 0.235. The van der Waals surface area contributed by atoms with E-state index in [2.05, 4.69) is 10.4 Å². The van der Waals surface area contributed by atoms with Gasteiger partial charge in [-0.15, -0.1) is 11.3 Å². The molecular weight excluding hydrogens is 340 g/mol. The predicted octanol–water partition coefficient (Wildman–Crippen LogP) is 2.18. The van der Waals surface area contributed by atoms with Crippen LogP contribution in [0.3, 0.4) is 0 Å². The Labute approximate surface area is 146 Å². The van der Waals surface area contributed by atoms with Crippen molar-refractivity contribution in [3.63, 3.8) is 0 Å². The number of thiophene rings is 1. The summed E-state index contributed by atoms with van der Waals surface area (Å²) in [5, 5.41) is 9.14. The van der Waals surface area contributed by atoms with Crippen molar-refractivity contribution >= 4 is 33.9 Å². The molecule has 4 aromatic rings. The van der Waals surface area contributed by atoms with Crippen LogP contribution >= 0.6 is 11.3 Å². The Hall–Kier alpha value is -2.87. The molecule has 7 nitrogen and oxygen atoms in total. The largest absolute Gasteiger partial charge is 0.463 e. The number of hydrogen-bond donors (Lipinski definition) is 1. The monoisotopic (exact) mass is 356 g/mol. The summed E-state index contributed by atoms with van der Waals surface area (Å²) in [6.45, 7) is 2.30. The van der Waals surface area contributed by atoms with Gasteiger partial charge < -0.3 is 9.73 Å². The van der Waals surface area contributed by atoms with Crippen LogP contribution in [0.2, 0.25) is 0 Å². The molecule has 4 heterocycles. The summed E-state index contributed by atoms with van der Waals surface area (Å²) in [6, 6.07) is 7.38. The van der Waals surface area contributed by atoms with E-state index in [1.165, 1.54) is 4.68 Å². The number of carbonyl (C=O) groups is 1. The second-order valence-electron chi connectivity index (χ2n) is 5.62. The summed E-state index contributed by atoms with van der Waals surface area (Å²) >= 11 is 1.57. The summed E-state index contributed by atoms with van der Waals surface area (Å²) in [6.07, 6.45) is 2.21. The topological polar surface area (TPSA) is 81.5 Å². The van der Waals surface area contributed by atoms with Gasteiger partial charge in [-0.1, -0.05) is 13.0 Å². The molecule has 1 N–H and O–H groups in total. The van der Waals surface area contributed by atoms with Gasteiger partial charge in [-0.3, -0.25) is 14.0 Å². The predicted molar refractivity (Wildman–Crippen MR) is 94.8 cm³/mol. The number of hydrogen-bond acceptors (Lipinski definition) is 5. The zero-order valence-corrected chi connectivity index (χ0v) is 14.4. The molecule has 0 aromatic carbocycles. The number of nitrogens with one attached hydrogen (secondary N) is 1. The summed E-state index contributed by atoms with van der Waals surface area (Å²) in [5.41, 5.74) is 1.60. The van der Waals surface area contributed by atoms with Gasteiger partial charge in [-0.25, -0.2) is 4.68 Å². The van der Waals surface area contributed by atoms with E-state index in [9.17, 15) is 9.59 Å². The molecule has 0 fully saturated rings. The molecule has 0 spiro atoms. The zero-order chi connectivity index (χ0) is 17.4. The molecule has 0 aliphatic carbocycles. The van der Waals surface area contributed by atoms with Gasteiger partial charge in [0.15, 0.2) is 5.58 Å². The van der Waals surface area contributed by atoms with E-state index in [1.54, 1.807) is 34.1 Å². The highest BCUT2D eigenvalue weighted by atomic mass is 32.1. The van der Waals surface area contributed by atoms with Crippen LogP contribution in [0.4, 0.5) is 0 Å². The van der Waals surface area contributed by atoms with Gasteiger partial charge in [0, 0.05) is 23.4 Å². The lowest BCUT2D eigenvalue weighted by Crippen LogP contribution is -2.34. The smallest absolute Gasteiger partial charge is 0.291 e. The molecule has 0 saturated heterocycles. The van der Waals surface area contributed by atoms with Gasteiger partial charge in [0.25, 0.3) is 5.56 Å². The third-order valence-corrected chi connectivity index (χ3v) is 4.90. The molecule has 0 aliphatic heterocycles. The first-order valence-electron chi connectivity index (χ1n) is 7.95. The number of rotatable bonds is 5. The molecule has 4 rings (SSSR count). The first kappa shape index (κ1) is 15.6. The van der Waals surface area contributed by atoms with Crippen molar-refractivity contribution in [2.24, 2.45) is 0 Å². The Kier molecular flexibility index (Phi) is 3.89. The molecular formula is C17H16N4O3S. The van der Waals surface area contributed by atoms with Crippen LogP contribution in [0.15, 0.2) is 45.1 Å². The molecule has 4 aromatic heterocycles. The van der Waals surface area contributed by atoms with Crippen molar-refractivity contribution in [1.29, 1.82) is 0 Å². The minimum absolute atomic E-state index is 0.111. The molecule has 0 saturated carbocycles. The van der Waals surface area contributed by atoms with Gasteiger partial charge in [-0.05, 0) is 11.4 Å². The highest BCUT2D eigenvalue weighted by molar-refractivity contribution is 7.09. The van der Waals surface area contributed by atoms with Crippen LogP contribution in [0.25, 0.3) is 16.6 Å². The lowest BCUT2D eigenvalue weighted by atomic mass is 10.4. The quantitative estimate of drug-likeness (QED) is 0.594. The van der Waals surface area contributed by atoms with E-state index >= 15 is 0 Å². The van der Waals surface area contributed by atoms with Crippen molar-refractivity contribution in [3.8, 4) is 0 Å². The molecule has 128 valence electrons. The maximum absolute atomic E-state index is 12.7. The molecule has 0 bridgehead atoms. The lowest BCUT2D eigenvalue weighted by Gasteiger charge is -2.10. The Morgan fingerprint density at radius 1 is 1.36 bits per heavy atom. The normalized spacial score (nSPS) is 11.4. The molecule has 0 unspecified atom stereocenters. The Morgan fingerprint density at radius 3 is 3.00 bits per heavy atom. The SMILES string of the molecule is CCc1nn(CC(=O)NCc2cccs2)c(=O)c2cc3occc3n12. The third-order valence-electron chi connectivity index (χ3n) is 4.02. The molecule has 25 heavy (non-hydrogen) atoms. The van der Waals surface area contributed by atoms with Crippen molar-refractivity contribution in [3.05, 3.63) is 57.0 Å². The van der Waals surface area contributed by atoms with Crippen molar-refractivity contribution in [2.45, 2.75) is 26.4 Å². The Bertz CT molecular complexity index is 1100. The van der Waals surface area contributed by atoms with E-state index in [-0.39, 0.29) is 18.0 Å². The van der Waals surface area contributed by atoms with E-state index in [0.29, 0.717) is 29.9 Å². The summed E-state index contributed by atoms with van der Waals surface area (Å²) in [5.74, 6) is 0.460. The maximum Gasteiger partial charge on any atom is 0.291 e. The number of fused-ring (bicyclic) bond motifs is 3. The Balaban J connectivity index is 1.66. The van der Waals surface area contributed by atoms with Crippen molar-refractivity contribution in [1.82, 2.24) is 19.5 Å². The molecule has 0 aliphatic rings. The number of amides is 1. The summed E-state index contributed by atoms with van der Waals surface area (Å²) < 4.78 is 8.40. The standard InChI is InChI=1S/C17H16N4O3S/c1-2-15-19-20(10-16(22)18-9-11-4-3-7-25-11)17(23)13-8-14-12(21(13)15)5-6-24-14/h3-8H,2,9-10H2,1H3,(H,18,22). The van der Waals surface area contributed by atoms with Crippen LogP contribution in [0.5, 0.6) is 0 Å². The molecule has 8 heteroatoms. The number of furan rings is 1. The molecule has 1 amide bonds. The van der Waals surface area contributed by atoms with Gasteiger partial charge >= 0.3 is 0 Å². The van der Waals surface area contributed by atoms with Gasteiger partial charge in [0.05, 0.1) is 18.3 Å². The fourth-order valence-corrected chi connectivity index (χ4v) is 3.49. The van der Waals surface area contributed by atoms with E-state index in [0.717, 1.165) is 10.4 Å². The van der Waals surface area contributed by atoms with Gasteiger partial charge in [0.2, 0.25) is 5.91 Å². The van der Waals surface area contributed by atoms with Crippen LogP contribution in [0.1, 0.15) is 17.6 Å². The van der Waals surface area contributed by atoms with Crippen LogP contribution in [-0.4, -0.2) is 20.1 Å². The van der Waals surface area contributed by atoms with E-state index in [4.69, 9.17) is 4.42 Å². The number of carbonyl (C=O) groups excluding carboxylic acids is 1. The van der Waals surface area contributed by atoms with Gasteiger partial charge in [0.1, 0.15) is 17.9 Å². The van der Waals surface area contributed by atoms with Gasteiger partial charge in [-0.2, -0.15) is 5.10 Å². The second-order valence-corrected chi connectivity index (χ2v) is 6.66. The number of aromatic nitrogens is 3. The summed E-state index contributed by atoms with van der Waals surface area (Å²) in [7, 11) is 0. The third kappa shape index (κ3) is 2.74. The zero-order valence-electron chi connectivity index (χ0n) is 13.6. The average molecular weight is 356 g/mol. The van der Waals surface area contributed by atoms with E-state index in [1.807, 2.05) is 24.4 Å². The first-order valence-corrected chi connectivity index (χ1v) is 8.83. The fourth-order valence-electron chi connectivity index (χ4n) is 2.85. The minimum Gasteiger partial charge on any atom is -0.463 e. The van der Waals surface area contributed by atoms with Crippen LogP contribution in [0, 0.1) is 0 Å². The van der Waals surface area contributed by atoms with Crippen molar-refractivity contribution < 1.29 is 9.21 Å². The minimum atomic E-state index is -0.310. The van der Waals surface area contributed by atoms with Crippen LogP contribution < -0.4 is 10.9 Å². The Morgan fingerprint density at radius 2 is 2.24 bits per heavy atom. The maximum atomic E-state index is 12.7. The van der Waals surface area contributed by atoms with Crippen LogP contribution in [-0.2, 0) is 24.3 Å².